The molecule has 1 N–H and O–H groups in total. The highest BCUT2D eigenvalue weighted by molar-refractivity contribution is 5.68. The molecule has 3 nitrogen and oxygen atoms in total. The smallest absolute Gasteiger partial charge is 0.228 e. The Morgan fingerprint density at radius 1 is 1.38 bits per heavy atom. The highest BCUT2D eigenvalue weighted by atomic mass is 19.1. The monoisotopic (exact) mass is 218 g/mol. The van der Waals surface area contributed by atoms with Crippen LogP contribution in [0.5, 0.6) is 0 Å². The van der Waals surface area contributed by atoms with E-state index >= 15 is 0 Å². The van der Waals surface area contributed by atoms with E-state index in [1.54, 1.807) is 6.07 Å². The molecule has 0 bridgehead atoms. The number of hydrogen-bond acceptors (Lipinski definition) is 3. The third-order valence-electron chi connectivity index (χ3n) is 2.78. The number of nitrogens with zero attached hydrogens (tertiary/aromatic N) is 1. The van der Waals surface area contributed by atoms with Crippen LogP contribution in [0.25, 0.3) is 11.3 Å². The fraction of sp³-hybridized carbons (Fsp3) is 0.250. The predicted octanol–water partition coefficient (Wildman–Crippen LogP) is 2.84. The van der Waals surface area contributed by atoms with Gasteiger partial charge in [-0.1, -0.05) is 17.3 Å². The van der Waals surface area contributed by atoms with Crippen LogP contribution in [-0.4, -0.2) is 11.7 Å². The first kappa shape index (κ1) is 9.39. The van der Waals surface area contributed by atoms with Crippen LogP contribution in [0, 0.1) is 5.82 Å². The summed E-state index contributed by atoms with van der Waals surface area (Å²) in [7, 11) is 0. The van der Waals surface area contributed by atoms with E-state index in [0.29, 0.717) is 0 Å². The van der Waals surface area contributed by atoms with Crippen LogP contribution in [0.2, 0.25) is 0 Å². The van der Waals surface area contributed by atoms with E-state index in [9.17, 15) is 4.39 Å². The van der Waals surface area contributed by atoms with Crippen molar-refractivity contribution < 1.29 is 8.91 Å². The van der Waals surface area contributed by atoms with Gasteiger partial charge in [-0.05, 0) is 25.0 Å². The maximum Gasteiger partial charge on any atom is 0.228 e. The summed E-state index contributed by atoms with van der Waals surface area (Å²) in [6.07, 6.45) is 1.98. The van der Waals surface area contributed by atoms with Gasteiger partial charge in [0, 0.05) is 17.7 Å². The van der Waals surface area contributed by atoms with Gasteiger partial charge in [0.05, 0.1) is 0 Å². The highest BCUT2D eigenvalue weighted by Gasteiger charge is 2.20. The van der Waals surface area contributed by atoms with E-state index in [2.05, 4.69) is 10.5 Å². The van der Waals surface area contributed by atoms with Crippen molar-refractivity contribution in [3.63, 3.8) is 0 Å². The summed E-state index contributed by atoms with van der Waals surface area (Å²) in [6.45, 7) is 0.908. The minimum absolute atomic E-state index is 0.252. The normalized spacial score (nSPS) is 14.3. The van der Waals surface area contributed by atoms with E-state index in [0.717, 1.165) is 42.1 Å². The van der Waals surface area contributed by atoms with Crippen molar-refractivity contribution in [2.24, 2.45) is 0 Å². The molecule has 0 fully saturated rings. The van der Waals surface area contributed by atoms with Gasteiger partial charge in [-0.3, -0.25) is 0 Å². The van der Waals surface area contributed by atoms with Gasteiger partial charge in [0.2, 0.25) is 5.88 Å². The van der Waals surface area contributed by atoms with Crippen molar-refractivity contribution in [2.75, 3.05) is 11.9 Å². The minimum Gasteiger partial charge on any atom is -0.354 e. The quantitative estimate of drug-likeness (QED) is 0.799. The van der Waals surface area contributed by atoms with Crippen molar-refractivity contribution in [3.8, 4) is 11.3 Å². The van der Waals surface area contributed by atoms with Crippen LogP contribution in [0.15, 0.2) is 28.8 Å². The van der Waals surface area contributed by atoms with Gasteiger partial charge in [0.15, 0.2) is 0 Å². The number of rotatable bonds is 1. The van der Waals surface area contributed by atoms with Gasteiger partial charge in [-0.2, -0.15) is 0 Å². The molecule has 2 heterocycles. The largest absolute Gasteiger partial charge is 0.354 e. The van der Waals surface area contributed by atoms with Crippen molar-refractivity contribution in [1.82, 2.24) is 5.16 Å². The Hall–Kier alpha value is -1.84. The number of halogens is 1. The molecule has 0 radical (unpaired) electrons. The van der Waals surface area contributed by atoms with Crippen molar-refractivity contribution in [1.29, 1.82) is 0 Å². The highest BCUT2D eigenvalue weighted by Crippen LogP contribution is 2.32. The van der Waals surface area contributed by atoms with Gasteiger partial charge >= 0.3 is 0 Å². The minimum atomic E-state index is -0.252. The lowest BCUT2D eigenvalue weighted by Gasteiger charge is -2.11. The fourth-order valence-electron chi connectivity index (χ4n) is 2.01. The lowest BCUT2D eigenvalue weighted by atomic mass is 10.0. The standard InChI is InChI=1S/C12H11FN2O/c13-9-4-1-3-8(7-9)11-10-5-2-6-14-12(10)16-15-11/h1,3-4,7,14H,2,5-6H2. The van der Waals surface area contributed by atoms with Crippen molar-refractivity contribution in [2.45, 2.75) is 12.8 Å². The third-order valence-corrected chi connectivity index (χ3v) is 2.78. The maximum atomic E-state index is 13.1. The van der Waals surface area contributed by atoms with Gasteiger partial charge in [-0.25, -0.2) is 4.39 Å². The molecule has 1 aliphatic heterocycles. The summed E-state index contributed by atoms with van der Waals surface area (Å²) < 4.78 is 18.3. The molecule has 0 saturated carbocycles. The lowest BCUT2D eigenvalue weighted by molar-refractivity contribution is 0.431. The Bertz CT molecular complexity index is 521. The van der Waals surface area contributed by atoms with Crippen LogP contribution >= 0.6 is 0 Å². The second kappa shape index (κ2) is 3.63. The average molecular weight is 218 g/mol. The Morgan fingerprint density at radius 2 is 2.31 bits per heavy atom. The summed E-state index contributed by atoms with van der Waals surface area (Å²) in [5, 5.41) is 7.15. The zero-order valence-corrected chi connectivity index (χ0v) is 8.66. The molecule has 0 saturated heterocycles. The molecule has 3 rings (SSSR count). The van der Waals surface area contributed by atoms with Crippen molar-refractivity contribution in [3.05, 3.63) is 35.6 Å². The average Bonchev–Trinajstić information content (AvgIpc) is 2.72. The fourth-order valence-corrected chi connectivity index (χ4v) is 2.01. The molecule has 0 unspecified atom stereocenters. The summed E-state index contributed by atoms with van der Waals surface area (Å²) in [4.78, 5) is 0. The van der Waals surface area contributed by atoms with E-state index in [4.69, 9.17) is 4.52 Å². The summed E-state index contributed by atoms with van der Waals surface area (Å²) in [6, 6.07) is 6.43. The maximum absolute atomic E-state index is 13.1. The molecule has 0 spiro atoms. The summed E-state index contributed by atoms with van der Waals surface area (Å²) in [5.41, 5.74) is 2.58. The first-order valence-electron chi connectivity index (χ1n) is 5.33. The molecule has 0 atom stereocenters. The summed E-state index contributed by atoms with van der Waals surface area (Å²) >= 11 is 0. The summed E-state index contributed by atoms with van der Waals surface area (Å²) in [5.74, 6) is 0.475. The van der Waals surface area contributed by atoms with Gasteiger partial charge in [0.25, 0.3) is 0 Å². The number of fused-ring (bicyclic) bond motifs is 1. The Balaban J connectivity index is 2.09. The molecule has 0 aliphatic carbocycles. The van der Waals surface area contributed by atoms with Crippen LogP contribution in [0.4, 0.5) is 10.3 Å². The van der Waals surface area contributed by atoms with Gasteiger partial charge < -0.3 is 9.84 Å². The van der Waals surface area contributed by atoms with Crippen LogP contribution in [0.1, 0.15) is 12.0 Å². The first-order valence-corrected chi connectivity index (χ1v) is 5.33. The number of anilines is 1. The second-order valence-electron chi connectivity index (χ2n) is 3.88. The topological polar surface area (TPSA) is 38.1 Å². The molecule has 1 aromatic carbocycles. The van der Waals surface area contributed by atoms with Crippen molar-refractivity contribution >= 4 is 5.88 Å². The predicted molar refractivity (Wildman–Crippen MR) is 58.7 cm³/mol. The van der Waals surface area contributed by atoms with E-state index < -0.39 is 0 Å². The Morgan fingerprint density at radius 3 is 3.19 bits per heavy atom. The van der Waals surface area contributed by atoms with E-state index in [1.165, 1.54) is 12.1 Å². The molecule has 16 heavy (non-hydrogen) atoms. The lowest BCUT2D eigenvalue weighted by Crippen LogP contribution is -2.10. The zero-order chi connectivity index (χ0) is 11.0. The van der Waals surface area contributed by atoms with E-state index in [-0.39, 0.29) is 5.82 Å². The Kier molecular flexibility index (Phi) is 2.13. The molecular formula is C12H11FN2O. The molecule has 4 heteroatoms. The third kappa shape index (κ3) is 1.46. The number of hydrogen-bond donors (Lipinski definition) is 1. The molecule has 0 amide bonds. The molecular weight excluding hydrogens is 207 g/mol. The van der Waals surface area contributed by atoms with Crippen LogP contribution in [-0.2, 0) is 6.42 Å². The zero-order valence-electron chi connectivity index (χ0n) is 8.66. The first-order chi connectivity index (χ1) is 7.84. The second-order valence-corrected chi connectivity index (χ2v) is 3.88. The van der Waals surface area contributed by atoms with Gasteiger partial charge in [0.1, 0.15) is 11.5 Å². The number of nitrogens with one attached hydrogen (secondary N) is 1. The SMILES string of the molecule is Fc1cccc(-c2noc3c2CCCN3)c1. The van der Waals surface area contributed by atoms with E-state index in [1.807, 2.05) is 6.07 Å². The van der Waals surface area contributed by atoms with Crippen LogP contribution < -0.4 is 5.32 Å². The number of benzene rings is 1. The van der Waals surface area contributed by atoms with Crippen LogP contribution in [0.3, 0.4) is 0 Å². The van der Waals surface area contributed by atoms with Gasteiger partial charge in [-0.15, -0.1) is 0 Å². The molecule has 1 aromatic heterocycles. The Labute approximate surface area is 92.3 Å². The molecule has 82 valence electrons. The number of aromatic nitrogens is 1. The molecule has 1 aliphatic rings. The molecule has 2 aromatic rings.